The minimum absolute atomic E-state index is 0.322. The van der Waals surface area contributed by atoms with Crippen molar-refractivity contribution in [1.82, 2.24) is 0 Å². The monoisotopic (exact) mass is 317 g/mol. The molecule has 0 bridgehead atoms. The van der Waals surface area contributed by atoms with Crippen molar-refractivity contribution in [3.63, 3.8) is 0 Å². The van der Waals surface area contributed by atoms with Gasteiger partial charge < -0.3 is 5.73 Å². The number of benzene rings is 2. The largest absolute Gasteiger partial charge is 0.324 e. The van der Waals surface area contributed by atoms with E-state index in [0.29, 0.717) is 27.1 Å². The molecule has 1 nitrogen and oxygen atoms in total. The van der Waals surface area contributed by atoms with Crippen molar-refractivity contribution in [2.75, 3.05) is 0 Å². The average molecular weight is 319 g/mol. The quantitative estimate of drug-likeness (QED) is 0.844. The summed E-state index contributed by atoms with van der Waals surface area (Å²) < 4.78 is 13.6. The van der Waals surface area contributed by atoms with Crippen LogP contribution in [0.15, 0.2) is 36.4 Å². The maximum Gasteiger partial charge on any atom is 0.126 e. The molecule has 0 aliphatic heterocycles. The molecule has 19 heavy (non-hydrogen) atoms. The number of hydrogen-bond donors (Lipinski definition) is 1. The SMILES string of the molecule is NC(Cc1cc(Cl)ccc1F)c1cc(Cl)cc(Cl)c1. The number of hydrogen-bond acceptors (Lipinski definition) is 1. The predicted octanol–water partition coefficient (Wildman–Crippen LogP) is 5.03. The molecule has 0 radical (unpaired) electrons. The molecule has 100 valence electrons. The van der Waals surface area contributed by atoms with Gasteiger partial charge in [-0.05, 0) is 53.9 Å². The second kappa shape index (κ2) is 6.10. The molecule has 1 unspecified atom stereocenters. The first-order valence-corrected chi connectivity index (χ1v) is 6.74. The Morgan fingerprint density at radius 3 is 2.21 bits per heavy atom. The van der Waals surface area contributed by atoms with Gasteiger partial charge in [-0.1, -0.05) is 34.8 Å². The molecular formula is C14H11Cl3FN. The molecule has 2 N–H and O–H groups in total. The smallest absolute Gasteiger partial charge is 0.126 e. The van der Waals surface area contributed by atoms with E-state index in [0.717, 1.165) is 5.56 Å². The summed E-state index contributed by atoms with van der Waals surface area (Å²) in [6, 6.07) is 9.07. The van der Waals surface area contributed by atoms with Gasteiger partial charge in [-0.15, -0.1) is 0 Å². The van der Waals surface area contributed by atoms with Crippen LogP contribution in [-0.4, -0.2) is 0 Å². The Labute approximate surface area is 126 Å². The zero-order valence-corrected chi connectivity index (χ0v) is 12.1. The lowest BCUT2D eigenvalue weighted by molar-refractivity contribution is 0.593. The highest BCUT2D eigenvalue weighted by Crippen LogP contribution is 2.26. The molecule has 0 aliphatic carbocycles. The summed E-state index contributed by atoms with van der Waals surface area (Å²) in [6.45, 7) is 0. The molecule has 0 aromatic heterocycles. The third-order valence-corrected chi connectivity index (χ3v) is 3.43. The van der Waals surface area contributed by atoms with Crippen molar-refractivity contribution in [3.8, 4) is 0 Å². The van der Waals surface area contributed by atoms with Crippen LogP contribution in [0.2, 0.25) is 15.1 Å². The summed E-state index contributed by atoms with van der Waals surface area (Å²) in [7, 11) is 0. The van der Waals surface area contributed by atoms with Crippen molar-refractivity contribution in [3.05, 3.63) is 68.4 Å². The maximum atomic E-state index is 13.6. The first-order valence-electron chi connectivity index (χ1n) is 5.61. The van der Waals surface area contributed by atoms with E-state index >= 15 is 0 Å². The van der Waals surface area contributed by atoms with Gasteiger partial charge in [0.1, 0.15) is 5.82 Å². The number of halogens is 4. The molecular weight excluding hydrogens is 308 g/mol. The zero-order valence-electron chi connectivity index (χ0n) is 9.84. The summed E-state index contributed by atoms with van der Waals surface area (Å²) >= 11 is 17.7. The molecule has 0 spiro atoms. The van der Waals surface area contributed by atoms with Gasteiger partial charge in [0.2, 0.25) is 0 Å². The van der Waals surface area contributed by atoms with Gasteiger partial charge >= 0.3 is 0 Å². The molecule has 0 heterocycles. The molecule has 0 saturated heterocycles. The van der Waals surface area contributed by atoms with E-state index in [4.69, 9.17) is 40.5 Å². The third kappa shape index (κ3) is 3.83. The highest BCUT2D eigenvalue weighted by molar-refractivity contribution is 6.34. The first-order chi connectivity index (χ1) is 8.95. The zero-order chi connectivity index (χ0) is 14.0. The van der Waals surface area contributed by atoms with E-state index in [2.05, 4.69) is 0 Å². The van der Waals surface area contributed by atoms with Crippen LogP contribution in [0.4, 0.5) is 4.39 Å². The van der Waals surface area contributed by atoms with Gasteiger partial charge in [-0.2, -0.15) is 0 Å². The molecule has 2 aromatic carbocycles. The van der Waals surface area contributed by atoms with Crippen molar-refractivity contribution in [2.24, 2.45) is 5.73 Å². The summed E-state index contributed by atoms with van der Waals surface area (Å²) in [5.74, 6) is -0.326. The van der Waals surface area contributed by atoms with E-state index in [9.17, 15) is 4.39 Å². The van der Waals surface area contributed by atoms with Crippen molar-refractivity contribution in [2.45, 2.75) is 12.5 Å². The highest BCUT2D eigenvalue weighted by atomic mass is 35.5. The van der Waals surface area contributed by atoms with E-state index < -0.39 is 6.04 Å². The Morgan fingerprint density at radius 1 is 0.947 bits per heavy atom. The van der Waals surface area contributed by atoms with Crippen LogP contribution < -0.4 is 5.73 Å². The van der Waals surface area contributed by atoms with Crippen LogP contribution in [-0.2, 0) is 6.42 Å². The van der Waals surface area contributed by atoms with E-state index in [1.54, 1.807) is 24.3 Å². The van der Waals surface area contributed by atoms with Gasteiger partial charge in [0, 0.05) is 21.1 Å². The fourth-order valence-electron chi connectivity index (χ4n) is 1.84. The first kappa shape index (κ1) is 14.6. The molecule has 5 heteroatoms. The molecule has 0 amide bonds. The maximum absolute atomic E-state index is 13.6. The minimum atomic E-state index is -0.399. The summed E-state index contributed by atoms with van der Waals surface area (Å²) in [4.78, 5) is 0. The number of nitrogens with two attached hydrogens (primary N) is 1. The minimum Gasteiger partial charge on any atom is -0.324 e. The molecule has 1 atom stereocenters. The van der Waals surface area contributed by atoms with Crippen LogP contribution in [0.1, 0.15) is 17.2 Å². The Morgan fingerprint density at radius 2 is 1.58 bits per heavy atom. The van der Waals surface area contributed by atoms with Crippen LogP contribution in [0.25, 0.3) is 0 Å². The van der Waals surface area contributed by atoms with E-state index in [1.807, 2.05) is 0 Å². The highest BCUT2D eigenvalue weighted by Gasteiger charge is 2.12. The normalized spacial score (nSPS) is 12.5. The third-order valence-electron chi connectivity index (χ3n) is 2.76. The molecule has 2 rings (SSSR count). The fourth-order valence-corrected chi connectivity index (χ4v) is 2.58. The second-order valence-corrected chi connectivity index (χ2v) is 5.56. The van der Waals surface area contributed by atoms with Crippen LogP contribution in [0, 0.1) is 5.82 Å². The van der Waals surface area contributed by atoms with Crippen LogP contribution in [0.5, 0.6) is 0 Å². The predicted molar refractivity (Wildman–Crippen MR) is 78.5 cm³/mol. The van der Waals surface area contributed by atoms with Crippen LogP contribution in [0.3, 0.4) is 0 Å². The molecule has 0 fully saturated rings. The lowest BCUT2D eigenvalue weighted by Gasteiger charge is -2.14. The van der Waals surface area contributed by atoms with E-state index in [1.165, 1.54) is 12.1 Å². The standard InChI is InChI=1S/C14H11Cl3FN/c15-10-1-2-13(18)8(3-10)6-14(19)9-4-11(16)7-12(17)5-9/h1-5,7,14H,6,19H2. The second-order valence-electron chi connectivity index (χ2n) is 4.25. The van der Waals surface area contributed by atoms with Crippen molar-refractivity contribution in [1.29, 1.82) is 0 Å². The van der Waals surface area contributed by atoms with Gasteiger partial charge in [0.25, 0.3) is 0 Å². The van der Waals surface area contributed by atoms with Gasteiger partial charge in [0.05, 0.1) is 0 Å². The lowest BCUT2D eigenvalue weighted by atomic mass is 9.99. The topological polar surface area (TPSA) is 26.0 Å². The number of rotatable bonds is 3. The summed E-state index contributed by atoms with van der Waals surface area (Å²) in [5.41, 5.74) is 7.29. The average Bonchev–Trinajstić information content (AvgIpc) is 2.32. The van der Waals surface area contributed by atoms with Gasteiger partial charge in [-0.3, -0.25) is 0 Å². The van der Waals surface area contributed by atoms with E-state index in [-0.39, 0.29) is 5.82 Å². The summed E-state index contributed by atoms with van der Waals surface area (Å²) in [5, 5.41) is 1.49. The fraction of sp³-hybridized carbons (Fsp3) is 0.143. The summed E-state index contributed by atoms with van der Waals surface area (Å²) in [6.07, 6.45) is 0.322. The Kier molecular flexibility index (Phi) is 4.69. The molecule has 0 saturated carbocycles. The van der Waals surface area contributed by atoms with Crippen LogP contribution >= 0.6 is 34.8 Å². The Bertz CT molecular complexity index is 581. The van der Waals surface area contributed by atoms with Gasteiger partial charge in [-0.25, -0.2) is 4.39 Å². The van der Waals surface area contributed by atoms with Crippen molar-refractivity contribution < 1.29 is 4.39 Å². The Balaban J connectivity index is 2.25. The van der Waals surface area contributed by atoms with Crippen molar-refractivity contribution >= 4 is 34.8 Å². The molecule has 2 aromatic rings. The van der Waals surface area contributed by atoms with Gasteiger partial charge in [0.15, 0.2) is 0 Å². The lowest BCUT2D eigenvalue weighted by Crippen LogP contribution is -2.14. The molecule has 0 aliphatic rings. The Hall–Kier alpha value is -0.800.